The molecule has 0 bridgehead atoms. The summed E-state index contributed by atoms with van der Waals surface area (Å²) >= 11 is 0. The normalized spacial score (nSPS) is 56.1. The highest BCUT2D eigenvalue weighted by molar-refractivity contribution is 5.91. The fraction of sp³-hybridized carbons (Fsp3) is 0.917. The van der Waals surface area contributed by atoms with E-state index in [0.29, 0.717) is 24.2 Å². The third kappa shape index (κ3) is 4.10. The van der Waals surface area contributed by atoms with Crippen LogP contribution in [0.3, 0.4) is 0 Å². The van der Waals surface area contributed by atoms with Crippen molar-refractivity contribution in [3.05, 3.63) is 11.6 Å². The molecule has 7 heteroatoms. The van der Waals surface area contributed by atoms with Gasteiger partial charge in [0, 0.05) is 5.41 Å². The molecule has 0 spiro atoms. The van der Waals surface area contributed by atoms with Gasteiger partial charge < -0.3 is 30.3 Å². The number of fused-ring (bicyclic) bond motifs is 7. The standard InChI is InChI=1S/C36H58O7/c1-19-10-15-36(31(42)30-29(41)28(40)27(39)22(18-37)43-30)17-16-34(6)21(26(36)20(19)2)8-9-24-33(5)13-12-25(38)32(3,4)23(33)11-14-35(24,34)7/h8,19-20,22-30,37-41H,9-18H2,1-7H3/t19-,20+,22?,23?,24?,25-,26?,27-,28?,29?,30-,33+,34-,35-,36+/m1/s1. The zero-order chi connectivity index (χ0) is 31.5. The van der Waals surface area contributed by atoms with Gasteiger partial charge in [0.2, 0.25) is 0 Å². The summed E-state index contributed by atoms with van der Waals surface area (Å²) in [6, 6.07) is 0. The summed E-state index contributed by atoms with van der Waals surface area (Å²) in [5, 5.41) is 52.9. The second-order valence-corrected chi connectivity index (χ2v) is 17.3. The monoisotopic (exact) mass is 602 g/mol. The summed E-state index contributed by atoms with van der Waals surface area (Å²) in [6.07, 6.45) is 3.71. The minimum absolute atomic E-state index is 0.0165. The van der Waals surface area contributed by atoms with E-state index in [1.165, 1.54) is 5.57 Å². The lowest BCUT2D eigenvalue weighted by Gasteiger charge is -2.71. The molecule has 0 amide bonds. The first-order chi connectivity index (χ1) is 20.0. The van der Waals surface area contributed by atoms with Crippen LogP contribution < -0.4 is 0 Å². The molecule has 6 unspecified atom stereocenters. The van der Waals surface area contributed by atoms with Crippen molar-refractivity contribution in [2.45, 2.75) is 143 Å². The van der Waals surface area contributed by atoms with Crippen LogP contribution in [0.4, 0.5) is 0 Å². The van der Waals surface area contributed by atoms with Gasteiger partial charge in [0.05, 0.1) is 12.7 Å². The molecule has 5 N–H and O–H groups in total. The number of rotatable bonds is 3. The average Bonchev–Trinajstić information content (AvgIpc) is 2.96. The second-order valence-electron chi connectivity index (χ2n) is 17.3. The van der Waals surface area contributed by atoms with E-state index in [0.717, 1.165) is 51.4 Å². The fourth-order valence-corrected chi connectivity index (χ4v) is 12.5. The molecule has 5 aliphatic carbocycles. The molecule has 7 nitrogen and oxygen atoms in total. The van der Waals surface area contributed by atoms with Crippen LogP contribution in [0.25, 0.3) is 0 Å². The van der Waals surface area contributed by atoms with Gasteiger partial charge >= 0.3 is 0 Å². The first-order valence-corrected chi connectivity index (χ1v) is 17.2. The van der Waals surface area contributed by atoms with Crippen LogP contribution in [0.15, 0.2) is 11.6 Å². The van der Waals surface area contributed by atoms with Gasteiger partial charge in [-0.05, 0) is 109 Å². The predicted molar refractivity (Wildman–Crippen MR) is 164 cm³/mol. The van der Waals surface area contributed by atoms with Gasteiger partial charge in [-0.1, -0.05) is 60.1 Å². The number of aliphatic hydroxyl groups is 5. The largest absolute Gasteiger partial charge is 0.394 e. The summed E-state index contributed by atoms with van der Waals surface area (Å²) in [4.78, 5) is 14.8. The zero-order valence-electron chi connectivity index (χ0n) is 27.6. The van der Waals surface area contributed by atoms with Crippen LogP contribution >= 0.6 is 0 Å². The zero-order valence-corrected chi connectivity index (χ0v) is 27.6. The molecular weight excluding hydrogens is 544 g/mol. The number of allylic oxidation sites excluding steroid dienone is 2. The highest BCUT2D eigenvalue weighted by Crippen LogP contribution is 2.76. The number of aliphatic hydroxyl groups excluding tert-OH is 5. The van der Waals surface area contributed by atoms with E-state index < -0.39 is 42.5 Å². The topological polar surface area (TPSA) is 127 Å². The minimum Gasteiger partial charge on any atom is -0.394 e. The summed E-state index contributed by atoms with van der Waals surface area (Å²) in [5.41, 5.74) is 0.746. The second kappa shape index (κ2) is 10.3. The van der Waals surface area contributed by atoms with Crippen molar-refractivity contribution in [3.63, 3.8) is 0 Å². The van der Waals surface area contributed by atoms with Crippen LogP contribution in [-0.4, -0.2) is 74.5 Å². The van der Waals surface area contributed by atoms with Gasteiger partial charge in [-0.25, -0.2) is 0 Å². The number of ether oxygens (including phenoxy) is 1. The molecule has 1 heterocycles. The highest BCUT2D eigenvalue weighted by Gasteiger charge is 2.70. The van der Waals surface area contributed by atoms with Gasteiger partial charge in [-0.3, -0.25) is 4.79 Å². The number of Topliss-reactive ketones (excluding diaryl/α,β-unsaturated/α-hetero) is 1. The maximum atomic E-state index is 14.8. The maximum Gasteiger partial charge on any atom is 0.171 e. The van der Waals surface area contributed by atoms with Gasteiger partial charge in [0.25, 0.3) is 0 Å². The molecule has 6 aliphatic rings. The Morgan fingerprint density at radius 2 is 1.56 bits per heavy atom. The van der Waals surface area contributed by atoms with Crippen molar-refractivity contribution in [3.8, 4) is 0 Å². The fourth-order valence-electron chi connectivity index (χ4n) is 12.5. The lowest BCUT2D eigenvalue weighted by Crippen LogP contribution is -2.67. The number of carbonyl (C=O) groups excluding carboxylic acids is 1. The Morgan fingerprint density at radius 1 is 0.860 bits per heavy atom. The third-order valence-corrected chi connectivity index (χ3v) is 15.6. The molecule has 4 saturated carbocycles. The van der Waals surface area contributed by atoms with Crippen molar-refractivity contribution in [2.75, 3.05) is 6.61 Å². The van der Waals surface area contributed by atoms with E-state index in [9.17, 15) is 30.3 Å². The maximum absolute atomic E-state index is 14.8. The smallest absolute Gasteiger partial charge is 0.171 e. The van der Waals surface area contributed by atoms with E-state index in [4.69, 9.17) is 4.74 Å². The number of hydrogen-bond donors (Lipinski definition) is 5. The Kier molecular flexibility index (Phi) is 7.72. The van der Waals surface area contributed by atoms with Crippen LogP contribution in [0.2, 0.25) is 0 Å². The van der Waals surface area contributed by atoms with Crippen molar-refractivity contribution >= 4 is 5.78 Å². The van der Waals surface area contributed by atoms with E-state index in [-0.39, 0.29) is 45.4 Å². The molecule has 0 aromatic heterocycles. The Labute approximate surface area is 258 Å². The molecule has 15 atom stereocenters. The van der Waals surface area contributed by atoms with E-state index in [1.807, 2.05) is 0 Å². The first kappa shape index (κ1) is 32.1. The molecule has 43 heavy (non-hydrogen) atoms. The van der Waals surface area contributed by atoms with Crippen molar-refractivity contribution < 1.29 is 35.1 Å². The molecular formula is C36H58O7. The Balaban J connectivity index is 1.41. The molecule has 1 saturated heterocycles. The van der Waals surface area contributed by atoms with Gasteiger partial charge in [0.15, 0.2) is 5.78 Å². The number of carbonyl (C=O) groups is 1. The van der Waals surface area contributed by atoms with Crippen LogP contribution in [-0.2, 0) is 9.53 Å². The van der Waals surface area contributed by atoms with Crippen molar-refractivity contribution in [1.29, 1.82) is 0 Å². The van der Waals surface area contributed by atoms with E-state index in [1.54, 1.807) is 0 Å². The Morgan fingerprint density at radius 3 is 2.23 bits per heavy atom. The predicted octanol–water partition coefficient (Wildman–Crippen LogP) is 4.42. The van der Waals surface area contributed by atoms with Crippen LogP contribution in [0, 0.1) is 56.7 Å². The number of hydrogen-bond acceptors (Lipinski definition) is 7. The van der Waals surface area contributed by atoms with Crippen molar-refractivity contribution in [2.24, 2.45) is 56.7 Å². The van der Waals surface area contributed by atoms with E-state index in [2.05, 4.69) is 54.5 Å². The summed E-state index contributed by atoms with van der Waals surface area (Å²) < 4.78 is 5.92. The van der Waals surface area contributed by atoms with Gasteiger partial charge in [0.1, 0.15) is 30.5 Å². The van der Waals surface area contributed by atoms with E-state index >= 15 is 0 Å². The summed E-state index contributed by atoms with van der Waals surface area (Å²) in [5.74, 6) is 1.55. The highest BCUT2D eigenvalue weighted by atomic mass is 16.5. The molecule has 244 valence electrons. The average molecular weight is 603 g/mol. The van der Waals surface area contributed by atoms with Crippen LogP contribution in [0.1, 0.15) is 106 Å². The van der Waals surface area contributed by atoms with Gasteiger partial charge in [-0.2, -0.15) is 0 Å². The molecule has 0 radical (unpaired) electrons. The van der Waals surface area contributed by atoms with Gasteiger partial charge in [-0.15, -0.1) is 0 Å². The molecule has 6 rings (SSSR count). The van der Waals surface area contributed by atoms with Crippen LogP contribution in [0.5, 0.6) is 0 Å². The SMILES string of the molecule is C[C@@H]1CC[C@]2(C(=O)[C@@H]3OC(CO)[C@@H](O)C(O)C3O)CC[C@]3(C)C(=CCC4[C@@]5(C)CC[C@@H](O)C(C)(C)C5CC[C@]43C)C2[C@H]1C. The molecule has 0 aromatic carbocycles. The minimum atomic E-state index is -1.55. The lowest BCUT2D eigenvalue weighted by atomic mass is 9.33. The Bertz CT molecular complexity index is 1150. The summed E-state index contributed by atoms with van der Waals surface area (Å²) in [7, 11) is 0. The molecule has 1 aliphatic heterocycles. The molecule has 0 aromatic rings. The molecule has 5 fully saturated rings. The summed E-state index contributed by atoms with van der Waals surface area (Å²) in [6.45, 7) is 16.1. The number of ketones is 1. The lowest BCUT2D eigenvalue weighted by molar-refractivity contribution is -0.234. The first-order valence-electron chi connectivity index (χ1n) is 17.2. The third-order valence-electron chi connectivity index (χ3n) is 15.6. The Hall–Kier alpha value is -0.830. The van der Waals surface area contributed by atoms with Crippen molar-refractivity contribution in [1.82, 2.24) is 0 Å². The quantitative estimate of drug-likeness (QED) is 0.303.